The van der Waals surface area contributed by atoms with Crippen molar-refractivity contribution in [2.24, 2.45) is 0 Å². The Kier molecular flexibility index (Phi) is 5.11. The Bertz CT molecular complexity index is 754. The van der Waals surface area contributed by atoms with Crippen LogP contribution >= 0.6 is 0 Å². The molecule has 0 bridgehead atoms. The minimum Gasteiger partial charge on any atom is -0.339 e. The lowest BCUT2D eigenvalue weighted by Crippen LogP contribution is -2.44. The molecule has 1 N–H and O–H groups in total. The van der Waals surface area contributed by atoms with Gasteiger partial charge in [0.1, 0.15) is 0 Å². The van der Waals surface area contributed by atoms with Gasteiger partial charge < -0.3 is 14.7 Å². The van der Waals surface area contributed by atoms with Crippen molar-refractivity contribution in [1.29, 1.82) is 0 Å². The standard InChI is InChI=1S/C18H22N4O3/c1-3-13-6-8-15(9-7-13)20-16(23)18(24)22-10-4-5-14(11-22)17-19-12(2)21-25-17/h6-9,14H,3-5,10-11H2,1-2H3,(H,20,23)/t14-/m0/s1. The Morgan fingerprint density at radius 3 is 2.72 bits per heavy atom. The molecule has 1 fully saturated rings. The number of carbonyl (C=O) groups is 2. The van der Waals surface area contributed by atoms with Crippen LogP contribution in [0.25, 0.3) is 0 Å². The van der Waals surface area contributed by atoms with E-state index in [1.165, 1.54) is 5.56 Å². The average molecular weight is 342 g/mol. The van der Waals surface area contributed by atoms with E-state index in [1.54, 1.807) is 11.8 Å². The molecule has 0 unspecified atom stereocenters. The van der Waals surface area contributed by atoms with E-state index in [0.717, 1.165) is 19.3 Å². The fourth-order valence-corrected chi connectivity index (χ4v) is 2.99. The molecule has 0 spiro atoms. The summed E-state index contributed by atoms with van der Waals surface area (Å²) in [7, 11) is 0. The maximum absolute atomic E-state index is 12.5. The molecule has 1 atom stereocenters. The molecule has 0 radical (unpaired) electrons. The maximum Gasteiger partial charge on any atom is 0.313 e. The average Bonchev–Trinajstić information content (AvgIpc) is 3.08. The van der Waals surface area contributed by atoms with E-state index in [4.69, 9.17) is 4.52 Å². The summed E-state index contributed by atoms with van der Waals surface area (Å²) in [5.74, 6) is -0.0556. The van der Waals surface area contributed by atoms with Crippen molar-refractivity contribution in [2.45, 2.75) is 39.0 Å². The van der Waals surface area contributed by atoms with Crippen LogP contribution in [0.15, 0.2) is 28.8 Å². The van der Waals surface area contributed by atoms with E-state index in [-0.39, 0.29) is 5.92 Å². The van der Waals surface area contributed by atoms with E-state index in [0.29, 0.717) is 30.5 Å². The third kappa shape index (κ3) is 4.04. The minimum absolute atomic E-state index is 0.0180. The normalized spacial score (nSPS) is 17.4. The zero-order chi connectivity index (χ0) is 17.8. The molecular weight excluding hydrogens is 320 g/mol. The summed E-state index contributed by atoms with van der Waals surface area (Å²) in [5.41, 5.74) is 1.80. The SMILES string of the molecule is CCc1ccc(NC(=O)C(=O)N2CCC[C@H](c3nc(C)no3)C2)cc1. The lowest BCUT2D eigenvalue weighted by atomic mass is 9.98. The van der Waals surface area contributed by atoms with Crippen LogP contribution in [0.4, 0.5) is 5.69 Å². The number of benzene rings is 1. The molecular formula is C18H22N4O3. The van der Waals surface area contributed by atoms with Gasteiger partial charge in [0.25, 0.3) is 0 Å². The van der Waals surface area contributed by atoms with Crippen LogP contribution in [0.2, 0.25) is 0 Å². The quantitative estimate of drug-likeness (QED) is 0.865. The molecule has 25 heavy (non-hydrogen) atoms. The van der Waals surface area contributed by atoms with Gasteiger partial charge in [-0.25, -0.2) is 0 Å². The second-order valence-electron chi connectivity index (χ2n) is 6.27. The number of anilines is 1. The zero-order valence-corrected chi connectivity index (χ0v) is 14.5. The lowest BCUT2D eigenvalue weighted by molar-refractivity contribution is -0.144. The number of rotatable bonds is 3. The van der Waals surface area contributed by atoms with Gasteiger partial charge in [-0.3, -0.25) is 9.59 Å². The molecule has 2 heterocycles. The number of aromatic nitrogens is 2. The Hall–Kier alpha value is -2.70. The highest BCUT2D eigenvalue weighted by atomic mass is 16.5. The Morgan fingerprint density at radius 2 is 2.08 bits per heavy atom. The van der Waals surface area contributed by atoms with E-state index < -0.39 is 11.8 Å². The summed E-state index contributed by atoms with van der Waals surface area (Å²) in [6, 6.07) is 7.50. The summed E-state index contributed by atoms with van der Waals surface area (Å²) >= 11 is 0. The summed E-state index contributed by atoms with van der Waals surface area (Å²) in [6.45, 7) is 4.80. The lowest BCUT2D eigenvalue weighted by Gasteiger charge is -2.30. The van der Waals surface area contributed by atoms with Crippen LogP contribution in [0, 0.1) is 6.92 Å². The third-order valence-corrected chi connectivity index (χ3v) is 4.42. The molecule has 132 valence electrons. The van der Waals surface area contributed by atoms with Gasteiger partial charge in [-0.2, -0.15) is 4.98 Å². The van der Waals surface area contributed by atoms with Crippen molar-refractivity contribution >= 4 is 17.5 Å². The van der Waals surface area contributed by atoms with Crippen LogP contribution < -0.4 is 5.32 Å². The summed E-state index contributed by atoms with van der Waals surface area (Å²) in [6.07, 6.45) is 2.60. The molecule has 1 aromatic heterocycles. The molecule has 2 amide bonds. The predicted octanol–water partition coefficient (Wildman–Crippen LogP) is 2.29. The monoisotopic (exact) mass is 342 g/mol. The number of piperidine rings is 1. The Labute approximate surface area is 146 Å². The first-order valence-electron chi connectivity index (χ1n) is 8.56. The number of aryl methyl sites for hydroxylation is 2. The highest BCUT2D eigenvalue weighted by Crippen LogP contribution is 2.25. The Morgan fingerprint density at radius 1 is 1.32 bits per heavy atom. The van der Waals surface area contributed by atoms with Crippen molar-refractivity contribution in [3.63, 3.8) is 0 Å². The summed E-state index contributed by atoms with van der Waals surface area (Å²) < 4.78 is 5.21. The summed E-state index contributed by atoms with van der Waals surface area (Å²) in [5, 5.41) is 6.47. The first-order valence-corrected chi connectivity index (χ1v) is 8.56. The van der Waals surface area contributed by atoms with Crippen LogP contribution in [0.3, 0.4) is 0 Å². The molecule has 1 saturated heterocycles. The van der Waals surface area contributed by atoms with E-state index >= 15 is 0 Å². The van der Waals surface area contributed by atoms with Gasteiger partial charge in [0.15, 0.2) is 5.82 Å². The molecule has 2 aromatic rings. The fourth-order valence-electron chi connectivity index (χ4n) is 2.99. The van der Waals surface area contributed by atoms with E-state index in [2.05, 4.69) is 22.4 Å². The first-order chi connectivity index (χ1) is 12.1. The van der Waals surface area contributed by atoms with Gasteiger partial charge in [-0.1, -0.05) is 24.2 Å². The first kappa shape index (κ1) is 17.1. The van der Waals surface area contributed by atoms with Crippen molar-refractivity contribution in [1.82, 2.24) is 15.0 Å². The maximum atomic E-state index is 12.5. The number of carbonyl (C=O) groups excluding carboxylic acids is 2. The molecule has 1 aromatic carbocycles. The van der Waals surface area contributed by atoms with Gasteiger partial charge in [0, 0.05) is 18.8 Å². The van der Waals surface area contributed by atoms with Crippen LogP contribution in [0.1, 0.15) is 43.0 Å². The second-order valence-corrected chi connectivity index (χ2v) is 6.27. The molecule has 7 heteroatoms. The topological polar surface area (TPSA) is 88.3 Å². The molecule has 1 aliphatic rings. The Balaban J connectivity index is 1.61. The number of nitrogens with zero attached hydrogens (tertiary/aromatic N) is 3. The van der Waals surface area contributed by atoms with Gasteiger partial charge in [0.05, 0.1) is 5.92 Å². The van der Waals surface area contributed by atoms with Crippen molar-refractivity contribution in [3.05, 3.63) is 41.5 Å². The molecule has 1 aliphatic heterocycles. The van der Waals surface area contributed by atoms with Gasteiger partial charge in [0.2, 0.25) is 5.89 Å². The number of amides is 2. The van der Waals surface area contributed by atoms with Crippen LogP contribution in [-0.4, -0.2) is 39.9 Å². The number of nitrogens with one attached hydrogen (secondary N) is 1. The van der Waals surface area contributed by atoms with Crippen molar-refractivity contribution in [3.8, 4) is 0 Å². The number of likely N-dealkylation sites (tertiary alicyclic amines) is 1. The predicted molar refractivity (Wildman–Crippen MR) is 92.0 cm³/mol. The smallest absolute Gasteiger partial charge is 0.313 e. The number of hydrogen-bond donors (Lipinski definition) is 1. The van der Waals surface area contributed by atoms with Crippen LogP contribution in [-0.2, 0) is 16.0 Å². The molecule has 0 saturated carbocycles. The van der Waals surface area contributed by atoms with Crippen molar-refractivity contribution < 1.29 is 14.1 Å². The third-order valence-electron chi connectivity index (χ3n) is 4.42. The van der Waals surface area contributed by atoms with E-state index in [9.17, 15) is 9.59 Å². The highest BCUT2D eigenvalue weighted by molar-refractivity contribution is 6.39. The zero-order valence-electron chi connectivity index (χ0n) is 14.5. The van der Waals surface area contributed by atoms with Crippen molar-refractivity contribution in [2.75, 3.05) is 18.4 Å². The molecule has 3 rings (SSSR count). The molecule has 7 nitrogen and oxygen atoms in total. The second kappa shape index (κ2) is 7.46. The highest BCUT2D eigenvalue weighted by Gasteiger charge is 2.31. The summed E-state index contributed by atoms with van der Waals surface area (Å²) in [4.78, 5) is 30.5. The van der Waals surface area contributed by atoms with Gasteiger partial charge >= 0.3 is 11.8 Å². The van der Waals surface area contributed by atoms with Gasteiger partial charge in [-0.05, 0) is 43.9 Å². The number of hydrogen-bond acceptors (Lipinski definition) is 5. The fraction of sp³-hybridized carbons (Fsp3) is 0.444. The van der Waals surface area contributed by atoms with Crippen LogP contribution in [0.5, 0.6) is 0 Å². The minimum atomic E-state index is -0.619. The molecule has 0 aliphatic carbocycles. The van der Waals surface area contributed by atoms with Gasteiger partial charge in [-0.15, -0.1) is 0 Å². The largest absolute Gasteiger partial charge is 0.339 e. The van der Waals surface area contributed by atoms with E-state index in [1.807, 2.05) is 24.3 Å².